The summed E-state index contributed by atoms with van der Waals surface area (Å²) in [4.78, 5) is 0. The maximum atomic E-state index is 10.0. The van der Waals surface area contributed by atoms with Crippen LogP contribution in [-0.4, -0.2) is 19.9 Å². The molecule has 1 atom stereocenters. The van der Waals surface area contributed by atoms with Crippen LogP contribution in [0.5, 0.6) is 5.75 Å². The van der Waals surface area contributed by atoms with Gasteiger partial charge in [-0.05, 0) is 36.5 Å². The number of nitrogens with zero attached hydrogens (tertiary/aromatic N) is 3. The van der Waals surface area contributed by atoms with Gasteiger partial charge in [0.2, 0.25) is 0 Å². The zero-order chi connectivity index (χ0) is 13.2. The number of ether oxygens (including phenoxy) is 1. The zero-order valence-electron chi connectivity index (χ0n) is 10.9. The van der Waals surface area contributed by atoms with Crippen molar-refractivity contribution in [2.75, 3.05) is 0 Å². The number of aliphatic hydroxyl groups is 1. The van der Waals surface area contributed by atoms with Crippen LogP contribution in [0.15, 0.2) is 24.5 Å². The fourth-order valence-electron chi connectivity index (χ4n) is 2.51. The van der Waals surface area contributed by atoms with Crippen LogP contribution in [0.25, 0.3) is 0 Å². The third-order valence-electron chi connectivity index (χ3n) is 3.59. The largest absolute Gasteiger partial charge is 0.485 e. The van der Waals surface area contributed by atoms with Crippen molar-refractivity contribution in [3.05, 3.63) is 41.5 Å². The van der Waals surface area contributed by atoms with Gasteiger partial charge in [0.05, 0.1) is 6.10 Å². The zero-order valence-corrected chi connectivity index (χ0v) is 10.9. The van der Waals surface area contributed by atoms with E-state index in [0.29, 0.717) is 6.61 Å². The van der Waals surface area contributed by atoms with Gasteiger partial charge in [0, 0.05) is 7.05 Å². The first-order chi connectivity index (χ1) is 9.25. The van der Waals surface area contributed by atoms with E-state index in [1.165, 1.54) is 0 Å². The van der Waals surface area contributed by atoms with Gasteiger partial charge in [-0.3, -0.25) is 0 Å². The molecule has 0 amide bonds. The lowest BCUT2D eigenvalue weighted by Gasteiger charge is -2.23. The number of benzene rings is 1. The van der Waals surface area contributed by atoms with Crippen molar-refractivity contribution < 1.29 is 9.84 Å². The van der Waals surface area contributed by atoms with Crippen molar-refractivity contribution in [2.24, 2.45) is 7.05 Å². The Bertz CT molecular complexity index is 580. The molecule has 0 bridgehead atoms. The molecule has 1 unspecified atom stereocenters. The Hall–Kier alpha value is -1.88. The van der Waals surface area contributed by atoms with E-state index in [2.05, 4.69) is 10.2 Å². The van der Waals surface area contributed by atoms with Crippen molar-refractivity contribution in [1.29, 1.82) is 0 Å². The third kappa shape index (κ3) is 2.33. The Kier molecular flexibility index (Phi) is 3.21. The minimum atomic E-state index is -0.359. The van der Waals surface area contributed by atoms with E-state index >= 15 is 0 Å². The summed E-state index contributed by atoms with van der Waals surface area (Å²) in [5, 5.41) is 17.8. The molecule has 5 nitrogen and oxygen atoms in total. The highest BCUT2D eigenvalue weighted by atomic mass is 16.5. The minimum Gasteiger partial charge on any atom is -0.485 e. The van der Waals surface area contributed by atoms with Crippen molar-refractivity contribution in [2.45, 2.75) is 32.0 Å². The van der Waals surface area contributed by atoms with Crippen LogP contribution < -0.4 is 4.74 Å². The Morgan fingerprint density at radius 1 is 1.47 bits per heavy atom. The van der Waals surface area contributed by atoms with Crippen molar-refractivity contribution in [3.63, 3.8) is 0 Å². The summed E-state index contributed by atoms with van der Waals surface area (Å²) in [5.41, 5.74) is 2.13. The minimum absolute atomic E-state index is 0.359. The topological polar surface area (TPSA) is 60.2 Å². The van der Waals surface area contributed by atoms with E-state index in [1.54, 1.807) is 6.33 Å². The Labute approximate surface area is 111 Å². The highest BCUT2D eigenvalue weighted by molar-refractivity contribution is 5.42. The Balaban J connectivity index is 1.82. The molecule has 0 radical (unpaired) electrons. The monoisotopic (exact) mass is 259 g/mol. The molecule has 2 aromatic rings. The summed E-state index contributed by atoms with van der Waals surface area (Å²) < 4.78 is 7.68. The van der Waals surface area contributed by atoms with Crippen LogP contribution in [-0.2, 0) is 20.1 Å². The van der Waals surface area contributed by atoms with Crippen LogP contribution in [0.2, 0.25) is 0 Å². The smallest absolute Gasteiger partial charge is 0.170 e. The fraction of sp³-hybridized carbons (Fsp3) is 0.429. The second kappa shape index (κ2) is 5.01. The van der Waals surface area contributed by atoms with Crippen LogP contribution in [0.1, 0.15) is 35.9 Å². The molecule has 1 aliphatic carbocycles. The van der Waals surface area contributed by atoms with Gasteiger partial charge in [-0.25, -0.2) is 0 Å². The second-order valence-corrected chi connectivity index (χ2v) is 4.88. The second-order valence-electron chi connectivity index (χ2n) is 4.88. The molecule has 3 rings (SSSR count). The molecule has 1 heterocycles. The average molecular weight is 259 g/mol. The van der Waals surface area contributed by atoms with Gasteiger partial charge in [0.1, 0.15) is 18.7 Å². The molecule has 1 aliphatic rings. The summed E-state index contributed by atoms with van der Waals surface area (Å²) in [6, 6.07) is 5.86. The molecule has 1 N–H and O–H groups in total. The van der Waals surface area contributed by atoms with Gasteiger partial charge in [0.15, 0.2) is 5.82 Å². The molecule has 1 aromatic heterocycles. The van der Waals surface area contributed by atoms with Gasteiger partial charge in [-0.2, -0.15) is 0 Å². The Morgan fingerprint density at radius 3 is 3.16 bits per heavy atom. The van der Waals surface area contributed by atoms with Gasteiger partial charge >= 0.3 is 0 Å². The number of aromatic nitrogens is 3. The predicted molar refractivity (Wildman–Crippen MR) is 69.7 cm³/mol. The summed E-state index contributed by atoms with van der Waals surface area (Å²) in [5.74, 6) is 1.63. The van der Waals surface area contributed by atoms with Gasteiger partial charge in [0.25, 0.3) is 0 Å². The quantitative estimate of drug-likeness (QED) is 0.912. The van der Waals surface area contributed by atoms with E-state index in [4.69, 9.17) is 4.74 Å². The highest BCUT2D eigenvalue weighted by Crippen LogP contribution is 2.35. The van der Waals surface area contributed by atoms with Crippen LogP contribution in [0, 0.1) is 0 Å². The first kappa shape index (κ1) is 12.2. The fourth-order valence-corrected chi connectivity index (χ4v) is 2.51. The lowest BCUT2D eigenvalue weighted by molar-refractivity contribution is 0.155. The van der Waals surface area contributed by atoms with Crippen molar-refractivity contribution >= 4 is 0 Å². The van der Waals surface area contributed by atoms with E-state index in [0.717, 1.165) is 42.0 Å². The summed E-state index contributed by atoms with van der Waals surface area (Å²) >= 11 is 0. The lowest BCUT2D eigenvalue weighted by atomic mass is 9.89. The van der Waals surface area contributed by atoms with Gasteiger partial charge in [-0.1, -0.05) is 12.1 Å². The average Bonchev–Trinajstić information content (AvgIpc) is 2.82. The molecule has 1 aromatic carbocycles. The van der Waals surface area contributed by atoms with E-state index < -0.39 is 0 Å². The van der Waals surface area contributed by atoms with Crippen molar-refractivity contribution in [3.8, 4) is 5.75 Å². The molecule has 100 valence electrons. The molecule has 19 heavy (non-hydrogen) atoms. The number of hydrogen-bond acceptors (Lipinski definition) is 4. The molecule has 0 fully saturated rings. The lowest BCUT2D eigenvalue weighted by Crippen LogP contribution is -2.11. The van der Waals surface area contributed by atoms with Gasteiger partial charge in [-0.15, -0.1) is 10.2 Å². The molecule has 0 saturated heterocycles. The summed E-state index contributed by atoms with van der Waals surface area (Å²) in [7, 11) is 1.89. The first-order valence-corrected chi connectivity index (χ1v) is 6.51. The number of hydrogen-bond donors (Lipinski definition) is 1. The SMILES string of the molecule is Cn1cnnc1COc1cccc2c1CCCC2O. The Morgan fingerprint density at radius 2 is 2.37 bits per heavy atom. The van der Waals surface area contributed by atoms with Crippen molar-refractivity contribution in [1.82, 2.24) is 14.8 Å². The number of aliphatic hydroxyl groups excluding tert-OH is 1. The highest BCUT2D eigenvalue weighted by Gasteiger charge is 2.20. The molecule has 0 saturated carbocycles. The molecule has 0 aliphatic heterocycles. The van der Waals surface area contributed by atoms with E-state index in [-0.39, 0.29) is 6.10 Å². The van der Waals surface area contributed by atoms with E-state index in [9.17, 15) is 5.11 Å². The van der Waals surface area contributed by atoms with Crippen LogP contribution in [0.4, 0.5) is 0 Å². The first-order valence-electron chi connectivity index (χ1n) is 6.51. The standard InChI is InChI=1S/C14H17N3O2/c1-17-9-15-16-14(17)8-19-13-7-3-4-10-11(13)5-2-6-12(10)18/h3-4,7,9,12,18H,2,5-6,8H2,1H3. The summed E-state index contributed by atoms with van der Waals surface area (Å²) in [6.07, 6.45) is 4.09. The molecule has 0 spiro atoms. The van der Waals surface area contributed by atoms with Crippen LogP contribution >= 0.6 is 0 Å². The normalized spacial score (nSPS) is 18.1. The predicted octanol–water partition coefficient (Wildman–Crippen LogP) is 1.76. The number of fused-ring (bicyclic) bond motifs is 1. The molecule has 5 heteroatoms. The maximum Gasteiger partial charge on any atom is 0.170 e. The van der Waals surface area contributed by atoms with E-state index in [1.807, 2.05) is 29.8 Å². The molecular weight excluding hydrogens is 242 g/mol. The number of rotatable bonds is 3. The summed E-state index contributed by atoms with van der Waals surface area (Å²) in [6.45, 7) is 0.392. The molecular formula is C14H17N3O2. The van der Waals surface area contributed by atoms with Gasteiger partial charge < -0.3 is 14.4 Å². The third-order valence-corrected chi connectivity index (χ3v) is 3.59. The maximum absolute atomic E-state index is 10.0. The number of aryl methyl sites for hydroxylation is 1. The van der Waals surface area contributed by atoms with Crippen LogP contribution in [0.3, 0.4) is 0 Å².